The minimum absolute atomic E-state index is 0.600. The van der Waals surface area contributed by atoms with Crippen LogP contribution in [-0.2, 0) is 0 Å². The number of hydrogen-bond acceptors (Lipinski definition) is 5. The van der Waals surface area contributed by atoms with Crippen LogP contribution in [0, 0.1) is 6.92 Å². The van der Waals surface area contributed by atoms with E-state index < -0.39 is 0 Å². The lowest BCUT2D eigenvalue weighted by Gasteiger charge is -2.12. The summed E-state index contributed by atoms with van der Waals surface area (Å²) in [4.78, 5) is 9.16. The molecule has 0 fully saturated rings. The molecule has 0 aliphatic heterocycles. The Balaban J connectivity index is 1.81. The van der Waals surface area contributed by atoms with E-state index in [4.69, 9.17) is 4.74 Å². The van der Waals surface area contributed by atoms with Crippen LogP contribution in [0.4, 0.5) is 11.5 Å². The van der Waals surface area contributed by atoms with Gasteiger partial charge in [0.05, 0.1) is 29.6 Å². The molecule has 6 heteroatoms. The Morgan fingerprint density at radius 3 is 2.58 bits per heavy atom. The van der Waals surface area contributed by atoms with Crippen molar-refractivity contribution >= 4 is 22.5 Å². The third-order valence-corrected chi connectivity index (χ3v) is 3.98. The number of aryl methyl sites for hydroxylation is 1. The zero-order chi connectivity index (χ0) is 17.9. The van der Waals surface area contributed by atoms with Crippen LogP contribution >= 0.6 is 0 Å². The molecule has 4 rings (SSSR count). The van der Waals surface area contributed by atoms with Crippen molar-refractivity contribution in [2.45, 2.75) is 13.8 Å². The third-order valence-electron chi connectivity index (χ3n) is 3.98. The quantitative estimate of drug-likeness (QED) is 0.585. The minimum Gasteiger partial charge on any atom is -0.492 e. The number of nitrogens with zero attached hydrogens (tertiary/aromatic N) is 4. The summed E-state index contributed by atoms with van der Waals surface area (Å²) >= 11 is 0. The van der Waals surface area contributed by atoms with Gasteiger partial charge in [0.15, 0.2) is 5.65 Å². The Bertz CT molecular complexity index is 1040. The molecule has 2 heterocycles. The molecule has 0 aliphatic rings. The number of anilines is 2. The Labute approximate surface area is 151 Å². The summed E-state index contributed by atoms with van der Waals surface area (Å²) in [5.41, 5.74) is 2.59. The van der Waals surface area contributed by atoms with Gasteiger partial charge < -0.3 is 10.1 Å². The number of rotatable bonds is 5. The van der Waals surface area contributed by atoms with Crippen molar-refractivity contribution in [3.63, 3.8) is 0 Å². The number of benzene rings is 2. The molecule has 0 unspecified atom stereocenters. The first-order chi connectivity index (χ1) is 12.8. The van der Waals surface area contributed by atoms with E-state index in [1.807, 2.05) is 73.1 Å². The molecule has 130 valence electrons. The van der Waals surface area contributed by atoms with Gasteiger partial charge in [-0.3, -0.25) is 0 Å². The number of hydrogen-bond donors (Lipinski definition) is 1. The Morgan fingerprint density at radius 1 is 1.00 bits per heavy atom. The molecule has 0 spiro atoms. The molecule has 0 saturated heterocycles. The fraction of sp³-hybridized carbons (Fsp3) is 0.150. The van der Waals surface area contributed by atoms with E-state index in [9.17, 15) is 0 Å². The van der Waals surface area contributed by atoms with Gasteiger partial charge in [0.2, 0.25) is 0 Å². The Kier molecular flexibility index (Phi) is 4.23. The van der Waals surface area contributed by atoms with Crippen molar-refractivity contribution in [2.24, 2.45) is 0 Å². The van der Waals surface area contributed by atoms with Gasteiger partial charge in [-0.1, -0.05) is 30.3 Å². The maximum absolute atomic E-state index is 5.70. The molecule has 2 aromatic heterocycles. The van der Waals surface area contributed by atoms with Crippen LogP contribution < -0.4 is 10.1 Å². The van der Waals surface area contributed by atoms with E-state index >= 15 is 0 Å². The van der Waals surface area contributed by atoms with E-state index in [1.54, 1.807) is 6.20 Å². The molecule has 4 aromatic rings. The highest BCUT2D eigenvalue weighted by molar-refractivity contribution is 5.90. The average molecular weight is 345 g/mol. The summed E-state index contributed by atoms with van der Waals surface area (Å²) in [6.07, 6.45) is 1.79. The minimum atomic E-state index is 0.600. The highest BCUT2D eigenvalue weighted by Crippen LogP contribution is 2.30. The molecule has 1 N–H and O–H groups in total. The van der Waals surface area contributed by atoms with Gasteiger partial charge in [-0.15, -0.1) is 0 Å². The average Bonchev–Trinajstić information content (AvgIpc) is 3.08. The fourth-order valence-corrected chi connectivity index (χ4v) is 2.85. The van der Waals surface area contributed by atoms with Gasteiger partial charge in [0.25, 0.3) is 0 Å². The molecule has 0 saturated carbocycles. The van der Waals surface area contributed by atoms with Crippen LogP contribution in [0.1, 0.15) is 12.7 Å². The highest BCUT2D eigenvalue weighted by Gasteiger charge is 2.14. The van der Waals surface area contributed by atoms with Crippen molar-refractivity contribution in [3.05, 3.63) is 66.6 Å². The second-order valence-corrected chi connectivity index (χ2v) is 5.80. The summed E-state index contributed by atoms with van der Waals surface area (Å²) < 4.78 is 7.52. The lowest BCUT2D eigenvalue weighted by molar-refractivity contribution is 0.342. The molecular weight excluding hydrogens is 326 g/mol. The summed E-state index contributed by atoms with van der Waals surface area (Å²) in [6.45, 7) is 4.44. The van der Waals surface area contributed by atoms with Gasteiger partial charge >= 0.3 is 0 Å². The summed E-state index contributed by atoms with van der Waals surface area (Å²) in [5, 5.41) is 8.74. The van der Waals surface area contributed by atoms with Crippen molar-refractivity contribution < 1.29 is 4.74 Å². The van der Waals surface area contributed by atoms with E-state index in [2.05, 4.69) is 20.4 Å². The van der Waals surface area contributed by atoms with Crippen molar-refractivity contribution in [1.29, 1.82) is 0 Å². The third kappa shape index (κ3) is 2.97. The molecule has 0 atom stereocenters. The van der Waals surface area contributed by atoms with E-state index in [0.717, 1.165) is 28.2 Å². The lowest BCUT2D eigenvalue weighted by Crippen LogP contribution is -2.03. The van der Waals surface area contributed by atoms with Crippen LogP contribution in [0.5, 0.6) is 5.75 Å². The lowest BCUT2D eigenvalue weighted by atomic mass is 10.2. The molecule has 2 aromatic carbocycles. The van der Waals surface area contributed by atoms with Crippen molar-refractivity contribution in [2.75, 3.05) is 11.9 Å². The fourth-order valence-electron chi connectivity index (χ4n) is 2.85. The first-order valence-electron chi connectivity index (χ1n) is 8.53. The molecule has 26 heavy (non-hydrogen) atoms. The molecule has 0 bridgehead atoms. The standard InChI is InChI=1S/C20H19N5O/c1-3-26-18-12-8-7-11-17(18)24-19-16-13-21-25(15-9-5-4-6-10-15)20(16)23-14(2)22-19/h4-13H,3H2,1-2H3,(H,22,23,24). The molecule has 0 aliphatic carbocycles. The molecule has 0 radical (unpaired) electrons. The summed E-state index contributed by atoms with van der Waals surface area (Å²) in [7, 11) is 0. The van der Waals surface area contributed by atoms with Gasteiger partial charge in [-0.2, -0.15) is 5.10 Å². The van der Waals surface area contributed by atoms with Gasteiger partial charge in [0.1, 0.15) is 17.4 Å². The largest absolute Gasteiger partial charge is 0.492 e. The second-order valence-electron chi connectivity index (χ2n) is 5.80. The van der Waals surface area contributed by atoms with Crippen LogP contribution in [0.3, 0.4) is 0 Å². The van der Waals surface area contributed by atoms with Crippen LogP contribution in [0.2, 0.25) is 0 Å². The zero-order valence-electron chi connectivity index (χ0n) is 14.7. The van der Waals surface area contributed by atoms with E-state index in [0.29, 0.717) is 18.2 Å². The topological polar surface area (TPSA) is 64.9 Å². The van der Waals surface area contributed by atoms with Gasteiger partial charge in [-0.25, -0.2) is 14.6 Å². The number of ether oxygens (including phenoxy) is 1. The molecule has 6 nitrogen and oxygen atoms in total. The SMILES string of the molecule is CCOc1ccccc1Nc1nc(C)nc2c1cnn2-c1ccccc1. The molecule has 0 amide bonds. The maximum Gasteiger partial charge on any atom is 0.168 e. The number of nitrogens with one attached hydrogen (secondary N) is 1. The normalized spacial score (nSPS) is 10.8. The number of aromatic nitrogens is 4. The predicted octanol–water partition coefficient (Wildman–Crippen LogP) is 4.27. The number of fused-ring (bicyclic) bond motifs is 1. The summed E-state index contributed by atoms with van der Waals surface area (Å²) in [5.74, 6) is 2.17. The number of para-hydroxylation sites is 3. The second kappa shape index (κ2) is 6.84. The van der Waals surface area contributed by atoms with Crippen molar-refractivity contribution in [3.8, 4) is 11.4 Å². The summed E-state index contributed by atoms with van der Waals surface area (Å²) in [6, 6.07) is 17.8. The van der Waals surface area contributed by atoms with Gasteiger partial charge in [-0.05, 0) is 38.1 Å². The highest BCUT2D eigenvalue weighted by atomic mass is 16.5. The van der Waals surface area contributed by atoms with E-state index in [1.165, 1.54) is 0 Å². The van der Waals surface area contributed by atoms with Crippen LogP contribution in [-0.4, -0.2) is 26.4 Å². The Hall–Kier alpha value is -3.41. The smallest absolute Gasteiger partial charge is 0.168 e. The van der Waals surface area contributed by atoms with Crippen LogP contribution in [0.15, 0.2) is 60.8 Å². The maximum atomic E-state index is 5.70. The monoisotopic (exact) mass is 345 g/mol. The first kappa shape index (κ1) is 16.1. The van der Waals surface area contributed by atoms with E-state index in [-0.39, 0.29) is 0 Å². The predicted molar refractivity (Wildman–Crippen MR) is 102 cm³/mol. The zero-order valence-corrected chi connectivity index (χ0v) is 14.7. The Morgan fingerprint density at radius 2 is 1.77 bits per heavy atom. The van der Waals surface area contributed by atoms with Gasteiger partial charge in [0, 0.05) is 0 Å². The molecular formula is C20H19N5O. The first-order valence-corrected chi connectivity index (χ1v) is 8.53. The van der Waals surface area contributed by atoms with Crippen molar-refractivity contribution in [1.82, 2.24) is 19.7 Å². The van der Waals surface area contributed by atoms with Crippen LogP contribution in [0.25, 0.3) is 16.7 Å².